The topological polar surface area (TPSA) is 58.4 Å². The summed E-state index contributed by atoms with van der Waals surface area (Å²) in [4.78, 5) is 13.8. The van der Waals surface area contributed by atoms with Gasteiger partial charge in [-0.2, -0.15) is 0 Å². The minimum absolute atomic E-state index is 0.0689. The number of hydrogen-bond acceptors (Lipinski definition) is 3. The first-order valence-electron chi connectivity index (χ1n) is 6.34. The fraction of sp³-hybridized carbons (Fsp3) is 0.917. The number of carbonyl (C=O) groups excluding carboxylic acids is 1. The molecule has 1 rings (SSSR count). The SMILES string of the molecule is CC1CCCN(C(C)CNC(=O)CCN)C1. The van der Waals surface area contributed by atoms with Crippen molar-refractivity contribution in [3.05, 3.63) is 0 Å². The molecule has 0 aromatic carbocycles. The van der Waals surface area contributed by atoms with Gasteiger partial charge >= 0.3 is 0 Å². The molecule has 1 aliphatic rings. The molecule has 3 N–H and O–H groups in total. The van der Waals surface area contributed by atoms with Crippen LogP contribution in [-0.4, -0.2) is 43.0 Å². The number of amides is 1. The van der Waals surface area contributed by atoms with Gasteiger partial charge in [0.1, 0.15) is 0 Å². The van der Waals surface area contributed by atoms with Gasteiger partial charge in [0, 0.05) is 32.1 Å². The number of nitrogens with two attached hydrogens (primary N) is 1. The average molecular weight is 227 g/mol. The van der Waals surface area contributed by atoms with E-state index in [0.29, 0.717) is 19.0 Å². The molecule has 94 valence electrons. The third kappa shape index (κ3) is 4.49. The zero-order chi connectivity index (χ0) is 12.0. The number of piperidine rings is 1. The summed E-state index contributed by atoms with van der Waals surface area (Å²) in [6.45, 7) is 7.98. The van der Waals surface area contributed by atoms with Gasteiger partial charge in [0.2, 0.25) is 5.91 Å². The van der Waals surface area contributed by atoms with E-state index in [4.69, 9.17) is 5.73 Å². The lowest BCUT2D eigenvalue weighted by atomic mass is 9.99. The summed E-state index contributed by atoms with van der Waals surface area (Å²) in [6, 6.07) is 0.435. The van der Waals surface area contributed by atoms with Crippen molar-refractivity contribution in [2.45, 2.75) is 39.2 Å². The first-order valence-corrected chi connectivity index (χ1v) is 6.34. The molecule has 4 nitrogen and oxygen atoms in total. The van der Waals surface area contributed by atoms with Gasteiger partial charge in [0.25, 0.3) is 0 Å². The van der Waals surface area contributed by atoms with Crippen LogP contribution in [0.3, 0.4) is 0 Å². The second-order valence-corrected chi connectivity index (χ2v) is 4.93. The summed E-state index contributed by atoms with van der Waals surface area (Å²) in [7, 11) is 0. The molecule has 16 heavy (non-hydrogen) atoms. The van der Waals surface area contributed by atoms with Crippen molar-refractivity contribution in [2.75, 3.05) is 26.2 Å². The van der Waals surface area contributed by atoms with Crippen LogP contribution in [-0.2, 0) is 4.79 Å². The van der Waals surface area contributed by atoms with E-state index < -0.39 is 0 Å². The number of carbonyl (C=O) groups is 1. The van der Waals surface area contributed by atoms with Gasteiger partial charge < -0.3 is 11.1 Å². The van der Waals surface area contributed by atoms with Crippen molar-refractivity contribution < 1.29 is 4.79 Å². The second-order valence-electron chi connectivity index (χ2n) is 4.93. The number of likely N-dealkylation sites (tertiary alicyclic amines) is 1. The Hall–Kier alpha value is -0.610. The highest BCUT2D eigenvalue weighted by atomic mass is 16.1. The molecule has 1 heterocycles. The molecule has 1 fully saturated rings. The van der Waals surface area contributed by atoms with Gasteiger partial charge in [0.15, 0.2) is 0 Å². The van der Waals surface area contributed by atoms with E-state index in [-0.39, 0.29) is 5.91 Å². The molecule has 2 atom stereocenters. The minimum atomic E-state index is 0.0689. The Balaban J connectivity index is 2.23. The number of rotatable bonds is 5. The summed E-state index contributed by atoms with van der Waals surface area (Å²) < 4.78 is 0. The van der Waals surface area contributed by atoms with Crippen molar-refractivity contribution in [3.8, 4) is 0 Å². The highest BCUT2D eigenvalue weighted by molar-refractivity contribution is 5.76. The van der Waals surface area contributed by atoms with E-state index in [2.05, 4.69) is 24.1 Å². The van der Waals surface area contributed by atoms with Crippen LogP contribution in [0.25, 0.3) is 0 Å². The molecular weight excluding hydrogens is 202 g/mol. The maximum atomic E-state index is 11.3. The molecular formula is C12H25N3O. The lowest BCUT2D eigenvalue weighted by molar-refractivity contribution is -0.121. The second kappa shape index (κ2) is 6.86. The Kier molecular flexibility index (Phi) is 5.77. The fourth-order valence-electron chi connectivity index (χ4n) is 2.24. The predicted molar refractivity (Wildman–Crippen MR) is 66.1 cm³/mol. The van der Waals surface area contributed by atoms with Crippen LogP contribution < -0.4 is 11.1 Å². The normalized spacial score (nSPS) is 24.1. The van der Waals surface area contributed by atoms with E-state index >= 15 is 0 Å². The minimum Gasteiger partial charge on any atom is -0.355 e. The standard InChI is InChI=1S/C12H25N3O/c1-10-4-3-7-15(9-10)11(2)8-14-12(16)5-6-13/h10-11H,3-9,13H2,1-2H3,(H,14,16). The van der Waals surface area contributed by atoms with Crippen molar-refractivity contribution in [3.63, 3.8) is 0 Å². The van der Waals surface area contributed by atoms with Crippen LogP contribution in [0, 0.1) is 5.92 Å². The zero-order valence-corrected chi connectivity index (χ0v) is 10.5. The molecule has 4 heteroatoms. The molecule has 1 saturated heterocycles. The van der Waals surface area contributed by atoms with Crippen LogP contribution in [0.4, 0.5) is 0 Å². The molecule has 0 radical (unpaired) electrons. The van der Waals surface area contributed by atoms with Crippen LogP contribution in [0.1, 0.15) is 33.1 Å². The molecule has 0 saturated carbocycles. The highest BCUT2D eigenvalue weighted by Crippen LogP contribution is 2.17. The van der Waals surface area contributed by atoms with Gasteiger partial charge in [0.05, 0.1) is 0 Å². The van der Waals surface area contributed by atoms with Crippen molar-refractivity contribution in [1.29, 1.82) is 0 Å². The van der Waals surface area contributed by atoms with E-state index in [1.807, 2.05) is 0 Å². The lowest BCUT2D eigenvalue weighted by Crippen LogP contribution is -2.46. The van der Waals surface area contributed by atoms with Crippen LogP contribution in [0.15, 0.2) is 0 Å². The average Bonchev–Trinajstić information content (AvgIpc) is 2.26. The fourth-order valence-corrected chi connectivity index (χ4v) is 2.24. The Morgan fingerprint density at radius 3 is 3.00 bits per heavy atom. The summed E-state index contributed by atoms with van der Waals surface area (Å²) in [5.41, 5.74) is 5.33. The molecule has 1 aliphatic heterocycles. The van der Waals surface area contributed by atoms with E-state index in [9.17, 15) is 4.79 Å². The van der Waals surface area contributed by atoms with Gasteiger partial charge in [-0.3, -0.25) is 9.69 Å². The molecule has 0 bridgehead atoms. The Labute approximate surface area is 98.6 Å². The zero-order valence-electron chi connectivity index (χ0n) is 10.5. The lowest BCUT2D eigenvalue weighted by Gasteiger charge is -2.35. The third-order valence-electron chi connectivity index (χ3n) is 3.28. The molecule has 2 unspecified atom stereocenters. The first-order chi connectivity index (χ1) is 7.63. The quantitative estimate of drug-likeness (QED) is 0.722. The molecule has 0 aromatic rings. The summed E-state index contributed by atoms with van der Waals surface area (Å²) in [6.07, 6.45) is 3.05. The summed E-state index contributed by atoms with van der Waals surface area (Å²) >= 11 is 0. The first kappa shape index (κ1) is 13.5. The van der Waals surface area contributed by atoms with E-state index in [1.54, 1.807) is 0 Å². The van der Waals surface area contributed by atoms with Gasteiger partial charge in [-0.1, -0.05) is 6.92 Å². The number of nitrogens with one attached hydrogen (secondary N) is 1. The molecule has 0 aromatic heterocycles. The third-order valence-corrected chi connectivity index (χ3v) is 3.28. The van der Waals surface area contributed by atoms with Crippen LogP contribution >= 0.6 is 0 Å². The van der Waals surface area contributed by atoms with Gasteiger partial charge in [-0.25, -0.2) is 0 Å². The predicted octanol–water partition coefficient (Wildman–Crippen LogP) is 0.572. The monoisotopic (exact) mass is 227 g/mol. The smallest absolute Gasteiger partial charge is 0.221 e. The Morgan fingerprint density at radius 2 is 2.38 bits per heavy atom. The Bertz CT molecular complexity index is 220. The van der Waals surface area contributed by atoms with Crippen LogP contribution in [0.5, 0.6) is 0 Å². The maximum Gasteiger partial charge on any atom is 0.221 e. The van der Waals surface area contributed by atoms with E-state index in [0.717, 1.165) is 25.6 Å². The largest absolute Gasteiger partial charge is 0.355 e. The Morgan fingerprint density at radius 1 is 1.62 bits per heavy atom. The summed E-state index contributed by atoms with van der Waals surface area (Å²) in [5.74, 6) is 0.857. The molecule has 1 amide bonds. The van der Waals surface area contributed by atoms with Crippen molar-refractivity contribution in [1.82, 2.24) is 10.2 Å². The van der Waals surface area contributed by atoms with Crippen molar-refractivity contribution in [2.24, 2.45) is 11.7 Å². The summed E-state index contributed by atoms with van der Waals surface area (Å²) in [5, 5.41) is 2.93. The maximum absolute atomic E-state index is 11.3. The molecule has 0 spiro atoms. The number of hydrogen-bond donors (Lipinski definition) is 2. The van der Waals surface area contributed by atoms with E-state index in [1.165, 1.54) is 12.8 Å². The van der Waals surface area contributed by atoms with Crippen LogP contribution in [0.2, 0.25) is 0 Å². The van der Waals surface area contributed by atoms with Gasteiger partial charge in [-0.15, -0.1) is 0 Å². The van der Waals surface area contributed by atoms with Gasteiger partial charge in [-0.05, 0) is 32.2 Å². The number of nitrogens with zero attached hydrogens (tertiary/aromatic N) is 1. The molecule has 0 aliphatic carbocycles. The highest BCUT2D eigenvalue weighted by Gasteiger charge is 2.20. The van der Waals surface area contributed by atoms with Crippen molar-refractivity contribution >= 4 is 5.91 Å².